The Morgan fingerprint density at radius 3 is 0.522 bits per heavy atom. The summed E-state index contributed by atoms with van der Waals surface area (Å²) in [6.07, 6.45) is 0. The zero-order valence-electron chi connectivity index (χ0n) is 12.5. The van der Waals surface area contributed by atoms with Crippen molar-refractivity contribution in [3.05, 3.63) is 0 Å². The molecule has 12 nitrogen and oxygen atoms in total. The molecule has 0 aromatic carbocycles. The van der Waals surface area contributed by atoms with Gasteiger partial charge >= 0.3 is 138 Å². The van der Waals surface area contributed by atoms with Gasteiger partial charge in [0.25, 0.3) is 0 Å². The molecule has 0 fully saturated rings. The van der Waals surface area contributed by atoms with Crippen LogP contribution in [-0.2, 0) is 38.4 Å². The predicted molar refractivity (Wildman–Crippen MR) is 40.2 cm³/mol. The van der Waals surface area contributed by atoms with Crippen molar-refractivity contribution in [3.8, 4) is 0 Å². The Labute approximate surface area is 233 Å². The third-order valence-corrected chi connectivity index (χ3v) is 6.24. The zero-order chi connectivity index (χ0) is 15.4. The quantitative estimate of drug-likeness (QED) is 0.240. The first-order valence-electron chi connectivity index (χ1n) is 3.46. The molecular formula is C2H4Na4O12P4Tc. The minimum absolute atomic E-state index is 0. The van der Waals surface area contributed by atoms with Crippen molar-refractivity contribution >= 4 is 30.4 Å². The van der Waals surface area contributed by atoms with Gasteiger partial charge in [0, 0.05) is 11.8 Å². The third kappa shape index (κ3) is 58.4. The van der Waals surface area contributed by atoms with Crippen LogP contribution in [0.3, 0.4) is 0 Å². The molecule has 0 aromatic heterocycles. The van der Waals surface area contributed by atoms with Gasteiger partial charge in [-0.15, -0.1) is 0 Å². The molecule has 0 rings (SSSR count). The maximum Gasteiger partial charge on any atom is 4.00 e. The van der Waals surface area contributed by atoms with E-state index in [1.165, 1.54) is 0 Å². The van der Waals surface area contributed by atoms with E-state index < -0.39 is 42.2 Å². The summed E-state index contributed by atoms with van der Waals surface area (Å²) in [4.78, 5) is 76.4. The second-order valence-electron chi connectivity index (χ2n) is 2.73. The van der Waals surface area contributed by atoms with E-state index in [0.717, 1.165) is 0 Å². The van der Waals surface area contributed by atoms with Gasteiger partial charge in [0.2, 0.25) is 0 Å². The van der Waals surface area contributed by atoms with Crippen LogP contribution in [0.2, 0.25) is 0 Å². The van der Waals surface area contributed by atoms with Gasteiger partial charge in [0.05, 0.1) is 0 Å². The van der Waals surface area contributed by atoms with E-state index in [1.54, 1.807) is 0 Å². The summed E-state index contributed by atoms with van der Waals surface area (Å²) < 4.78 is 38.2. The molecule has 0 amide bonds. The Bertz CT molecular complexity index is 366. The molecule has 0 aromatic rings. The summed E-state index contributed by atoms with van der Waals surface area (Å²) >= 11 is 0. The summed E-state index contributed by atoms with van der Waals surface area (Å²) in [5, 5.41) is 0. The first-order chi connectivity index (χ1) is 7.41. The van der Waals surface area contributed by atoms with Gasteiger partial charge in [0.1, 0.15) is 0 Å². The maximum absolute atomic E-state index is 9.55. The summed E-state index contributed by atoms with van der Waals surface area (Å²) in [7, 11) is -20.7. The molecule has 0 atom stereocenters. The Kier molecular flexibility index (Phi) is 38.8. The van der Waals surface area contributed by atoms with E-state index in [9.17, 15) is 57.4 Å². The first kappa shape index (κ1) is 46.5. The maximum atomic E-state index is 9.55. The molecule has 21 heteroatoms. The summed E-state index contributed by atoms with van der Waals surface area (Å²) in [6.45, 7) is 0. The molecule has 0 aliphatic rings. The Balaban J connectivity index is -0.0000000366. The molecule has 23 heavy (non-hydrogen) atoms. The van der Waals surface area contributed by atoms with Gasteiger partial charge in [-0.05, 0) is 0 Å². The van der Waals surface area contributed by atoms with Crippen molar-refractivity contribution in [2.24, 2.45) is 0 Å². The van der Waals surface area contributed by atoms with Crippen LogP contribution in [0.4, 0.5) is 0 Å². The molecule has 0 heterocycles. The van der Waals surface area contributed by atoms with Crippen molar-refractivity contribution in [3.63, 3.8) is 0 Å². The van der Waals surface area contributed by atoms with E-state index in [-0.39, 0.29) is 138 Å². The van der Waals surface area contributed by atoms with Crippen molar-refractivity contribution in [2.75, 3.05) is 11.8 Å². The molecule has 0 saturated carbocycles. The smallest absolute Gasteiger partial charge is 0.810 e. The van der Waals surface area contributed by atoms with Crippen LogP contribution >= 0.6 is 30.4 Å². The van der Waals surface area contributed by atoms with Gasteiger partial charge in [-0.25, -0.2) is 0 Å². The number of rotatable bonds is 4. The van der Waals surface area contributed by atoms with Crippen molar-refractivity contribution < 1.29 is 196 Å². The zero-order valence-corrected chi connectivity index (χ0v) is 25.9. The van der Waals surface area contributed by atoms with Crippen LogP contribution in [0.15, 0.2) is 0 Å². The van der Waals surface area contributed by atoms with Crippen LogP contribution < -0.4 is 157 Å². The Hall–Kier alpha value is 5.25. The minimum Gasteiger partial charge on any atom is -0.810 e. The van der Waals surface area contributed by atoms with Crippen molar-refractivity contribution in [1.29, 1.82) is 0 Å². The molecule has 0 unspecified atom stereocenters. The molecule has 0 aliphatic carbocycles. The number of hydrogen-bond donors (Lipinski definition) is 0. The monoisotopic (exact) mass is 535 g/mol. The molecule has 1 radical (unpaired) electrons. The fourth-order valence-corrected chi connectivity index (χ4v) is 3.82. The number of hydrogen-bond acceptors (Lipinski definition) is 12. The van der Waals surface area contributed by atoms with Gasteiger partial charge in [-0.3, -0.25) is 0 Å². The molecule has 0 aliphatic heterocycles. The molecule has 0 bridgehead atoms. The van der Waals surface area contributed by atoms with Crippen molar-refractivity contribution in [2.45, 2.75) is 0 Å². The van der Waals surface area contributed by atoms with E-state index in [0.29, 0.717) is 0 Å². The largest absolute Gasteiger partial charge is 4.00 e. The van der Waals surface area contributed by atoms with Crippen LogP contribution in [0.1, 0.15) is 0 Å². The van der Waals surface area contributed by atoms with Gasteiger partial charge in [0.15, 0.2) is 0 Å². The summed E-state index contributed by atoms with van der Waals surface area (Å²) in [6, 6.07) is 0. The second-order valence-corrected chi connectivity index (χ2v) is 9.88. The Morgan fingerprint density at radius 1 is 0.435 bits per heavy atom. The fourth-order valence-electron chi connectivity index (χ4n) is 0.424. The van der Waals surface area contributed by atoms with Gasteiger partial charge < -0.3 is 57.4 Å². The normalized spacial score (nSPS) is 10.8. The van der Waals surface area contributed by atoms with Gasteiger partial charge in [-0.2, -0.15) is 0 Å². The van der Waals surface area contributed by atoms with E-state index >= 15 is 0 Å². The third-order valence-electron chi connectivity index (χ3n) is 0.693. The van der Waals surface area contributed by atoms with Crippen LogP contribution in [-0.4, -0.2) is 11.8 Å². The topological polar surface area (TPSA) is 253 Å². The van der Waals surface area contributed by atoms with E-state index in [1.807, 2.05) is 0 Å². The van der Waals surface area contributed by atoms with E-state index in [2.05, 4.69) is 0 Å². The standard InChI is InChI=1S/2CH6O6P2.4Na.Tc/c2*2-8(3,4)1-9(5,6)7;;;;;/h2*1H2,(H2,2,3,4)(H2,5,6,7);;;;;/q;;4*+1;+4/p-8/i;;;;;;1+1. The van der Waals surface area contributed by atoms with Gasteiger partial charge in [-0.1, -0.05) is 30.4 Å². The SMILES string of the molecule is O=P([O-])([O-])CP(=O)([O-])[O-].O=P([O-])([O-])CP(=O)([O-])[O-].[99Tc+4].[Na+].[Na+].[Na+].[Na+]. The van der Waals surface area contributed by atoms with Crippen LogP contribution in [0.25, 0.3) is 0 Å². The molecule has 0 N–H and O–H groups in total. The first-order valence-corrected chi connectivity index (χ1v) is 10.4. The molecule has 0 saturated heterocycles. The second kappa shape index (κ2) is 19.2. The minimum atomic E-state index is -5.18. The predicted octanol–water partition coefficient (Wildman–Crippen LogP) is -18.4. The fraction of sp³-hybridized carbons (Fsp3) is 1.00. The van der Waals surface area contributed by atoms with E-state index in [4.69, 9.17) is 0 Å². The average molecular weight is 535 g/mol. The summed E-state index contributed by atoms with van der Waals surface area (Å²) in [5.41, 5.74) is 0. The molecular weight excluding hydrogens is 531 g/mol. The van der Waals surface area contributed by atoms with Crippen LogP contribution in [0, 0.1) is 0 Å². The summed E-state index contributed by atoms with van der Waals surface area (Å²) in [5.74, 6) is -3.64. The Morgan fingerprint density at radius 2 is 0.522 bits per heavy atom. The van der Waals surface area contributed by atoms with Crippen molar-refractivity contribution in [1.82, 2.24) is 0 Å². The molecule has 115 valence electrons. The van der Waals surface area contributed by atoms with Crippen LogP contribution in [0.5, 0.6) is 0 Å². The average Bonchev–Trinajstić information content (AvgIpc) is 1.64. The molecule has 0 spiro atoms.